The molecule has 0 aromatic heterocycles. The van der Waals surface area contributed by atoms with Crippen LogP contribution in [0.15, 0.2) is 48.5 Å². The van der Waals surface area contributed by atoms with Crippen molar-refractivity contribution < 1.29 is 9.59 Å². The van der Waals surface area contributed by atoms with Crippen LogP contribution in [-0.4, -0.2) is 29.8 Å². The summed E-state index contributed by atoms with van der Waals surface area (Å²) in [5.41, 5.74) is 2.75. The van der Waals surface area contributed by atoms with Crippen molar-refractivity contribution in [2.45, 2.75) is 26.3 Å². The topological polar surface area (TPSA) is 49.4 Å². The molecule has 136 valence electrons. The van der Waals surface area contributed by atoms with Crippen LogP contribution in [0.1, 0.15) is 34.3 Å². The number of carbonyl (C=O) groups excluding carboxylic acids is 2. The van der Waals surface area contributed by atoms with Crippen LogP contribution in [0, 0.1) is 12.8 Å². The van der Waals surface area contributed by atoms with E-state index in [1.165, 1.54) is 0 Å². The Balaban J connectivity index is 1.58. The molecule has 3 rings (SSSR count). The predicted molar refractivity (Wildman–Crippen MR) is 103 cm³/mol. The molecule has 2 aromatic rings. The fourth-order valence-corrected chi connectivity index (χ4v) is 3.40. The molecule has 0 bridgehead atoms. The molecule has 1 unspecified atom stereocenters. The maximum Gasteiger partial charge on any atom is 0.253 e. The third kappa shape index (κ3) is 4.64. The predicted octanol–water partition coefficient (Wildman–Crippen LogP) is 3.82. The largest absolute Gasteiger partial charge is 0.352 e. The van der Waals surface area contributed by atoms with Gasteiger partial charge in [-0.2, -0.15) is 0 Å². The zero-order chi connectivity index (χ0) is 18.5. The number of hydrogen-bond acceptors (Lipinski definition) is 2. The van der Waals surface area contributed by atoms with Crippen LogP contribution in [0.5, 0.6) is 0 Å². The molecule has 1 atom stereocenters. The van der Waals surface area contributed by atoms with Crippen molar-refractivity contribution >= 4 is 23.4 Å². The number of carbonyl (C=O) groups is 2. The number of likely N-dealkylation sites (tertiary alicyclic amines) is 1. The minimum absolute atomic E-state index is 0.00157. The van der Waals surface area contributed by atoms with Crippen molar-refractivity contribution in [2.75, 3.05) is 13.1 Å². The van der Waals surface area contributed by atoms with Gasteiger partial charge in [-0.15, -0.1) is 0 Å². The van der Waals surface area contributed by atoms with E-state index in [0.717, 1.165) is 24.0 Å². The number of hydrogen-bond donors (Lipinski definition) is 1. The molecule has 1 N–H and O–H groups in total. The Morgan fingerprint density at radius 1 is 1.19 bits per heavy atom. The first-order chi connectivity index (χ1) is 12.5. The third-order valence-electron chi connectivity index (χ3n) is 4.72. The zero-order valence-corrected chi connectivity index (χ0v) is 15.6. The van der Waals surface area contributed by atoms with E-state index in [4.69, 9.17) is 11.6 Å². The van der Waals surface area contributed by atoms with E-state index < -0.39 is 0 Å². The molecule has 0 spiro atoms. The molecule has 5 heteroatoms. The first-order valence-corrected chi connectivity index (χ1v) is 9.29. The molecule has 1 aliphatic rings. The summed E-state index contributed by atoms with van der Waals surface area (Å²) in [6.45, 7) is 3.62. The van der Waals surface area contributed by atoms with E-state index in [1.807, 2.05) is 55.5 Å². The number of rotatable bonds is 4. The Hall–Kier alpha value is -2.33. The molecule has 26 heavy (non-hydrogen) atoms. The lowest BCUT2D eigenvalue weighted by atomic mass is 9.96. The molecular formula is C21H23ClN2O2. The highest BCUT2D eigenvalue weighted by atomic mass is 35.5. The number of benzene rings is 2. The van der Waals surface area contributed by atoms with Gasteiger partial charge in [0.2, 0.25) is 5.91 Å². The van der Waals surface area contributed by atoms with Gasteiger partial charge in [-0.1, -0.05) is 41.4 Å². The van der Waals surface area contributed by atoms with Gasteiger partial charge in [-0.3, -0.25) is 9.59 Å². The summed E-state index contributed by atoms with van der Waals surface area (Å²) in [5.74, 6) is -0.157. The van der Waals surface area contributed by atoms with Gasteiger partial charge in [-0.05, 0) is 49.6 Å². The fraction of sp³-hybridized carbons (Fsp3) is 0.333. The second-order valence-corrected chi connectivity index (χ2v) is 7.24. The van der Waals surface area contributed by atoms with Crippen LogP contribution in [0.25, 0.3) is 0 Å². The Kier molecular flexibility index (Phi) is 5.94. The van der Waals surface area contributed by atoms with Crippen LogP contribution in [-0.2, 0) is 11.3 Å². The number of nitrogens with zero attached hydrogens (tertiary/aromatic N) is 1. The van der Waals surface area contributed by atoms with E-state index in [9.17, 15) is 9.59 Å². The van der Waals surface area contributed by atoms with Crippen molar-refractivity contribution in [3.63, 3.8) is 0 Å². The maximum atomic E-state index is 12.7. The smallest absolute Gasteiger partial charge is 0.253 e. The molecule has 0 radical (unpaired) electrons. The van der Waals surface area contributed by atoms with Gasteiger partial charge in [0.25, 0.3) is 5.91 Å². The van der Waals surface area contributed by atoms with E-state index in [0.29, 0.717) is 30.2 Å². The van der Waals surface area contributed by atoms with Crippen molar-refractivity contribution in [2.24, 2.45) is 5.92 Å². The van der Waals surface area contributed by atoms with Gasteiger partial charge in [0.1, 0.15) is 0 Å². The highest BCUT2D eigenvalue weighted by Crippen LogP contribution is 2.19. The van der Waals surface area contributed by atoms with E-state index in [2.05, 4.69) is 5.32 Å². The molecule has 1 fully saturated rings. The molecule has 2 amide bonds. The van der Waals surface area contributed by atoms with Gasteiger partial charge >= 0.3 is 0 Å². The monoisotopic (exact) mass is 370 g/mol. The lowest BCUT2D eigenvalue weighted by Crippen LogP contribution is -2.45. The Bertz CT molecular complexity index is 789. The zero-order valence-electron chi connectivity index (χ0n) is 14.9. The molecule has 0 saturated carbocycles. The maximum absolute atomic E-state index is 12.7. The summed E-state index contributed by atoms with van der Waals surface area (Å²) in [4.78, 5) is 27.0. The lowest BCUT2D eigenvalue weighted by molar-refractivity contribution is -0.126. The minimum Gasteiger partial charge on any atom is -0.352 e. The number of piperidine rings is 1. The van der Waals surface area contributed by atoms with Crippen LogP contribution in [0.4, 0.5) is 0 Å². The van der Waals surface area contributed by atoms with Gasteiger partial charge in [0.05, 0.1) is 5.92 Å². The SMILES string of the molecule is Cc1cccc(C(=O)N2CCCC(C(=O)NCc3ccc(Cl)cc3)C2)c1. The van der Waals surface area contributed by atoms with Crippen molar-refractivity contribution in [1.29, 1.82) is 0 Å². The molecule has 1 aliphatic heterocycles. The second-order valence-electron chi connectivity index (χ2n) is 6.80. The van der Waals surface area contributed by atoms with Crippen molar-refractivity contribution in [3.8, 4) is 0 Å². The van der Waals surface area contributed by atoms with Gasteiger partial charge < -0.3 is 10.2 Å². The summed E-state index contributed by atoms with van der Waals surface area (Å²) >= 11 is 5.88. The summed E-state index contributed by atoms with van der Waals surface area (Å²) in [6.07, 6.45) is 1.65. The molecule has 4 nitrogen and oxygen atoms in total. The normalized spacial score (nSPS) is 17.0. The molecule has 1 saturated heterocycles. The average molecular weight is 371 g/mol. The summed E-state index contributed by atoms with van der Waals surface area (Å²) in [7, 11) is 0. The van der Waals surface area contributed by atoms with Crippen LogP contribution in [0.2, 0.25) is 5.02 Å². The van der Waals surface area contributed by atoms with E-state index >= 15 is 0 Å². The number of halogens is 1. The Labute approximate surface area is 159 Å². The second kappa shape index (κ2) is 8.37. The number of aryl methyl sites for hydroxylation is 1. The fourth-order valence-electron chi connectivity index (χ4n) is 3.27. The molecule has 1 heterocycles. The van der Waals surface area contributed by atoms with Crippen LogP contribution < -0.4 is 5.32 Å². The van der Waals surface area contributed by atoms with Crippen LogP contribution >= 0.6 is 11.6 Å². The van der Waals surface area contributed by atoms with E-state index in [1.54, 1.807) is 4.90 Å². The van der Waals surface area contributed by atoms with Crippen LogP contribution in [0.3, 0.4) is 0 Å². The molecule has 2 aromatic carbocycles. The number of nitrogens with one attached hydrogen (secondary N) is 1. The third-order valence-corrected chi connectivity index (χ3v) is 4.98. The minimum atomic E-state index is -0.162. The average Bonchev–Trinajstić information content (AvgIpc) is 2.67. The van der Waals surface area contributed by atoms with E-state index in [-0.39, 0.29) is 17.7 Å². The number of amides is 2. The quantitative estimate of drug-likeness (QED) is 0.889. The summed E-state index contributed by atoms with van der Waals surface area (Å²) in [6, 6.07) is 15.0. The van der Waals surface area contributed by atoms with Gasteiger partial charge in [0.15, 0.2) is 0 Å². The van der Waals surface area contributed by atoms with Crippen molar-refractivity contribution in [1.82, 2.24) is 10.2 Å². The molecule has 0 aliphatic carbocycles. The summed E-state index contributed by atoms with van der Waals surface area (Å²) in [5, 5.41) is 3.65. The summed E-state index contributed by atoms with van der Waals surface area (Å²) < 4.78 is 0. The Morgan fingerprint density at radius 3 is 2.69 bits per heavy atom. The first kappa shape index (κ1) is 18.5. The highest BCUT2D eigenvalue weighted by molar-refractivity contribution is 6.30. The lowest BCUT2D eigenvalue weighted by Gasteiger charge is -2.32. The van der Waals surface area contributed by atoms with Crippen molar-refractivity contribution in [3.05, 3.63) is 70.2 Å². The highest BCUT2D eigenvalue weighted by Gasteiger charge is 2.28. The first-order valence-electron chi connectivity index (χ1n) is 8.91. The molecular weight excluding hydrogens is 348 g/mol. The van der Waals surface area contributed by atoms with Gasteiger partial charge in [0, 0.05) is 30.2 Å². The van der Waals surface area contributed by atoms with Gasteiger partial charge in [-0.25, -0.2) is 0 Å². The Morgan fingerprint density at radius 2 is 1.96 bits per heavy atom. The standard InChI is InChI=1S/C21H23ClN2O2/c1-15-4-2-5-17(12-15)21(26)24-11-3-6-18(14-24)20(25)23-13-16-7-9-19(22)10-8-16/h2,4-5,7-10,12,18H,3,6,11,13-14H2,1H3,(H,23,25).